The molecule has 0 saturated carbocycles. The van der Waals surface area contributed by atoms with E-state index in [-0.39, 0.29) is 19.0 Å². The molecule has 0 aliphatic carbocycles. The molecule has 0 aromatic heterocycles. The first kappa shape index (κ1) is 9.96. The Hall–Kier alpha value is -0.120. The van der Waals surface area contributed by atoms with Crippen molar-refractivity contribution >= 4 is 0 Å². The predicted molar refractivity (Wildman–Crippen MR) is 45.8 cm³/mol. The minimum absolute atomic E-state index is 0.0614. The van der Waals surface area contributed by atoms with Gasteiger partial charge in [0.15, 0.2) is 6.29 Å². The quantitative estimate of drug-likeness (QED) is 0.638. The highest BCUT2D eigenvalue weighted by Gasteiger charge is 2.24. The number of hydrogen-bond donors (Lipinski definition) is 1. The number of aliphatic hydroxyl groups excluding tert-OH is 1. The molecule has 0 amide bonds. The largest absolute Gasteiger partial charge is 0.394 e. The summed E-state index contributed by atoms with van der Waals surface area (Å²) in [6, 6.07) is 0. The second-order valence-corrected chi connectivity index (χ2v) is 3.20. The van der Waals surface area contributed by atoms with E-state index < -0.39 is 0 Å². The van der Waals surface area contributed by atoms with Crippen LogP contribution in [0.25, 0.3) is 0 Å². The van der Waals surface area contributed by atoms with Crippen LogP contribution >= 0.6 is 0 Å². The first-order valence-electron chi connectivity index (χ1n) is 4.74. The Kier molecular flexibility index (Phi) is 4.58. The van der Waals surface area contributed by atoms with Gasteiger partial charge in [-0.2, -0.15) is 0 Å². The van der Waals surface area contributed by atoms with Gasteiger partial charge < -0.3 is 14.6 Å². The van der Waals surface area contributed by atoms with Crippen molar-refractivity contribution < 1.29 is 14.6 Å². The van der Waals surface area contributed by atoms with Crippen molar-refractivity contribution in [3.05, 3.63) is 0 Å². The van der Waals surface area contributed by atoms with Crippen LogP contribution in [0.3, 0.4) is 0 Å². The van der Waals surface area contributed by atoms with Gasteiger partial charge in [-0.15, -0.1) is 0 Å². The van der Waals surface area contributed by atoms with Crippen molar-refractivity contribution in [2.75, 3.05) is 13.2 Å². The number of ether oxygens (including phenoxy) is 2. The highest BCUT2D eigenvalue weighted by atomic mass is 16.7. The normalized spacial score (nSPS) is 29.5. The average Bonchev–Trinajstić information content (AvgIpc) is 2.53. The van der Waals surface area contributed by atoms with Crippen LogP contribution in [0.4, 0.5) is 0 Å². The van der Waals surface area contributed by atoms with Gasteiger partial charge in [0.05, 0.1) is 13.2 Å². The van der Waals surface area contributed by atoms with Gasteiger partial charge in [0.2, 0.25) is 0 Å². The molecule has 1 heterocycles. The van der Waals surface area contributed by atoms with Crippen LogP contribution < -0.4 is 0 Å². The maximum atomic E-state index is 8.75. The van der Waals surface area contributed by atoms with Crippen molar-refractivity contribution in [2.45, 2.75) is 45.0 Å². The Morgan fingerprint density at radius 3 is 2.83 bits per heavy atom. The summed E-state index contributed by atoms with van der Waals surface area (Å²) >= 11 is 0. The molecule has 1 aliphatic rings. The van der Waals surface area contributed by atoms with Gasteiger partial charge in [-0.25, -0.2) is 0 Å². The van der Waals surface area contributed by atoms with E-state index in [2.05, 4.69) is 6.92 Å². The van der Waals surface area contributed by atoms with Gasteiger partial charge in [-0.3, -0.25) is 0 Å². The molecule has 2 atom stereocenters. The molecule has 1 rings (SSSR count). The lowest BCUT2D eigenvalue weighted by Crippen LogP contribution is -2.16. The van der Waals surface area contributed by atoms with E-state index in [0.717, 1.165) is 12.8 Å². The van der Waals surface area contributed by atoms with Crippen molar-refractivity contribution in [1.29, 1.82) is 0 Å². The minimum Gasteiger partial charge on any atom is -0.394 e. The van der Waals surface area contributed by atoms with E-state index in [4.69, 9.17) is 14.6 Å². The van der Waals surface area contributed by atoms with Crippen molar-refractivity contribution in [3.63, 3.8) is 0 Å². The Morgan fingerprint density at radius 1 is 1.42 bits per heavy atom. The molecule has 72 valence electrons. The molecule has 3 nitrogen and oxygen atoms in total. The molecule has 1 N–H and O–H groups in total. The second-order valence-electron chi connectivity index (χ2n) is 3.20. The van der Waals surface area contributed by atoms with E-state index in [1.165, 1.54) is 12.8 Å². The summed E-state index contributed by atoms with van der Waals surface area (Å²) < 4.78 is 10.7. The zero-order valence-electron chi connectivity index (χ0n) is 7.66. The maximum absolute atomic E-state index is 8.75. The Balaban J connectivity index is 2.03. The van der Waals surface area contributed by atoms with E-state index >= 15 is 0 Å². The van der Waals surface area contributed by atoms with Crippen LogP contribution in [0, 0.1) is 0 Å². The maximum Gasteiger partial charge on any atom is 0.158 e. The molecule has 0 spiro atoms. The highest BCUT2D eigenvalue weighted by Crippen LogP contribution is 2.16. The molecule has 12 heavy (non-hydrogen) atoms. The fraction of sp³-hybridized carbons (Fsp3) is 1.00. The summed E-state index contributed by atoms with van der Waals surface area (Å²) in [5.74, 6) is 0. The third kappa shape index (κ3) is 3.09. The van der Waals surface area contributed by atoms with Crippen LogP contribution in [0.15, 0.2) is 0 Å². The summed E-state index contributed by atoms with van der Waals surface area (Å²) in [5, 5.41) is 8.75. The van der Waals surface area contributed by atoms with Crippen molar-refractivity contribution in [2.24, 2.45) is 0 Å². The molecule has 0 bridgehead atoms. The van der Waals surface area contributed by atoms with Gasteiger partial charge >= 0.3 is 0 Å². The molecule has 0 radical (unpaired) electrons. The fourth-order valence-corrected chi connectivity index (χ4v) is 1.32. The summed E-state index contributed by atoms with van der Waals surface area (Å²) in [4.78, 5) is 0. The Morgan fingerprint density at radius 2 is 2.25 bits per heavy atom. The standard InChI is InChI=1S/C9H18O3/c1-2-3-4-5-9-11-7-8(6-10)12-9/h8-10H,2-7H2,1H3/t8-,9+/m0/s1. The molecule has 0 aromatic rings. The molecule has 3 heteroatoms. The zero-order valence-corrected chi connectivity index (χ0v) is 7.66. The monoisotopic (exact) mass is 174 g/mol. The first-order chi connectivity index (χ1) is 5.86. The average molecular weight is 174 g/mol. The third-order valence-electron chi connectivity index (χ3n) is 2.06. The summed E-state index contributed by atoms with van der Waals surface area (Å²) in [7, 11) is 0. The molecule has 0 unspecified atom stereocenters. The number of aliphatic hydroxyl groups is 1. The molecule has 1 fully saturated rings. The van der Waals surface area contributed by atoms with Crippen LogP contribution in [0.2, 0.25) is 0 Å². The van der Waals surface area contributed by atoms with Crippen LogP contribution in [-0.4, -0.2) is 30.7 Å². The van der Waals surface area contributed by atoms with Gasteiger partial charge in [-0.05, 0) is 12.8 Å². The van der Waals surface area contributed by atoms with Gasteiger partial charge in [0, 0.05) is 0 Å². The SMILES string of the molecule is CCCCC[C@@H]1OC[C@H](CO)O1. The van der Waals surface area contributed by atoms with E-state index in [0.29, 0.717) is 6.61 Å². The number of unbranched alkanes of at least 4 members (excludes halogenated alkanes) is 2. The van der Waals surface area contributed by atoms with Crippen molar-refractivity contribution in [3.8, 4) is 0 Å². The lowest BCUT2D eigenvalue weighted by molar-refractivity contribution is -0.0701. The Bertz CT molecular complexity index is 116. The van der Waals surface area contributed by atoms with Gasteiger partial charge in [-0.1, -0.05) is 19.8 Å². The van der Waals surface area contributed by atoms with Crippen LogP contribution in [-0.2, 0) is 9.47 Å². The topological polar surface area (TPSA) is 38.7 Å². The minimum atomic E-state index is -0.0865. The summed E-state index contributed by atoms with van der Waals surface area (Å²) in [5.41, 5.74) is 0. The van der Waals surface area contributed by atoms with E-state index in [9.17, 15) is 0 Å². The third-order valence-corrected chi connectivity index (χ3v) is 2.06. The predicted octanol–water partition coefficient (Wildman–Crippen LogP) is 1.30. The van der Waals surface area contributed by atoms with Crippen molar-refractivity contribution in [1.82, 2.24) is 0 Å². The first-order valence-corrected chi connectivity index (χ1v) is 4.74. The van der Waals surface area contributed by atoms with E-state index in [1.54, 1.807) is 0 Å². The zero-order chi connectivity index (χ0) is 8.81. The lowest BCUT2D eigenvalue weighted by atomic mass is 10.2. The molecule has 1 saturated heterocycles. The highest BCUT2D eigenvalue weighted by molar-refractivity contribution is 4.63. The van der Waals surface area contributed by atoms with Gasteiger partial charge in [0.25, 0.3) is 0 Å². The lowest BCUT2D eigenvalue weighted by Gasteiger charge is -2.08. The summed E-state index contributed by atoms with van der Waals surface area (Å²) in [6.07, 6.45) is 4.41. The number of hydrogen-bond acceptors (Lipinski definition) is 3. The van der Waals surface area contributed by atoms with E-state index in [1.807, 2.05) is 0 Å². The number of rotatable bonds is 5. The van der Waals surface area contributed by atoms with Crippen LogP contribution in [0.5, 0.6) is 0 Å². The van der Waals surface area contributed by atoms with Crippen LogP contribution in [0.1, 0.15) is 32.6 Å². The molecule has 0 aromatic carbocycles. The summed E-state index contributed by atoms with van der Waals surface area (Å²) in [6.45, 7) is 2.80. The smallest absolute Gasteiger partial charge is 0.158 e. The fourth-order valence-electron chi connectivity index (χ4n) is 1.32. The second kappa shape index (κ2) is 5.51. The molecular formula is C9H18O3. The molecule has 1 aliphatic heterocycles. The molecular weight excluding hydrogens is 156 g/mol. The Labute approximate surface area is 73.7 Å². The van der Waals surface area contributed by atoms with Gasteiger partial charge in [0.1, 0.15) is 6.10 Å².